The van der Waals surface area contributed by atoms with Crippen molar-refractivity contribution < 1.29 is 5.11 Å². The maximum atomic E-state index is 12.8. The summed E-state index contributed by atoms with van der Waals surface area (Å²) in [7, 11) is 1.76. The zero-order chi connectivity index (χ0) is 15.1. The molecule has 0 unspecified atom stereocenters. The highest BCUT2D eigenvalue weighted by molar-refractivity contribution is 5.90. The van der Waals surface area contributed by atoms with Crippen molar-refractivity contribution in [1.29, 1.82) is 0 Å². The van der Waals surface area contributed by atoms with Crippen LogP contribution >= 0.6 is 0 Å². The first-order valence-electron chi connectivity index (χ1n) is 6.89. The van der Waals surface area contributed by atoms with Crippen LogP contribution in [0.5, 0.6) is 5.75 Å². The predicted molar refractivity (Wildman–Crippen MR) is 82.5 cm³/mol. The van der Waals surface area contributed by atoms with Gasteiger partial charge < -0.3 is 9.67 Å². The lowest BCUT2D eigenvalue weighted by Crippen LogP contribution is -2.21. The lowest BCUT2D eigenvalue weighted by atomic mass is 10.0. The van der Waals surface area contributed by atoms with Crippen molar-refractivity contribution in [3.8, 4) is 16.9 Å². The van der Waals surface area contributed by atoms with E-state index in [-0.39, 0.29) is 11.3 Å². The molecule has 0 bridgehead atoms. The molecular formula is C16H17N3O2. The largest absolute Gasteiger partial charge is 0.505 e. The van der Waals surface area contributed by atoms with Crippen LogP contribution in [0.4, 0.5) is 0 Å². The average molecular weight is 283 g/mol. The summed E-state index contributed by atoms with van der Waals surface area (Å²) in [6.07, 6.45) is 1.61. The first kappa shape index (κ1) is 13.4. The van der Waals surface area contributed by atoms with E-state index in [1.54, 1.807) is 22.5 Å². The van der Waals surface area contributed by atoms with Crippen LogP contribution in [0, 0.1) is 6.92 Å². The first-order valence-corrected chi connectivity index (χ1v) is 6.89. The number of fused-ring (bicyclic) bond motifs is 1. The second kappa shape index (κ2) is 4.77. The number of aromatic nitrogens is 3. The quantitative estimate of drug-likeness (QED) is 0.785. The third kappa shape index (κ3) is 1.85. The van der Waals surface area contributed by atoms with Crippen LogP contribution in [0.15, 0.2) is 35.3 Å². The number of pyridine rings is 1. The number of rotatable bonds is 2. The van der Waals surface area contributed by atoms with Gasteiger partial charge in [0.25, 0.3) is 5.56 Å². The molecule has 0 aliphatic carbocycles. The average Bonchev–Trinajstić information content (AvgIpc) is 2.84. The van der Waals surface area contributed by atoms with Gasteiger partial charge in [-0.1, -0.05) is 24.3 Å². The fourth-order valence-electron chi connectivity index (χ4n) is 2.77. The lowest BCUT2D eigenvalue weighted by molar-refractivity contribution is 0.477. The molecule has 21 heavy (non-hydrogen) atoms. The Hall–Kier alpha value is -2.56. The van der Waals surface area contributed by atoms with Gasteiger partial charge in [0.05, 0.1) is 17.3 Å². The number of hydrogen-bond acceptors (Lipinski definition) is 3. The van der Waals surface area contributed by atoms with Crippen molar-refractivity contribution in [3.63, 3.8) is 0 Å². The molecule has 0 atom stereocenters. The molecule has 2 aromatic heterocycles. The highest BCUT2D eigenvalue weighted by Gasteiger charge is 2.20. The molecule has 1 N–H and O–H groups in total. The summed E-state index contributed by atoms with van der Waals surface area (Å²) in [6, 6.07) is 7.56. The van der Waals surface area contributed by atoms with Gasteiger partial charge in [-0.2, -0.15) is 5.10 Å². The monoisotopic (exact) mass is 283 g/mol. The second-order valence-corrected chi connectivity index (χ2v) is 5.09. The predicted octanol–water partition coefficient (Wildman–Crippen LogP) is 2.44. The van der Waals surface area contributed by atoms with Gasteiger partial charge in [-0.3, -0.25) is 9.48 Å². The Morgan fingerprint density at radius 3 is 2.67 bits per heavy atom. The van der Waals surface area contributed by atoms with E-state index < -0.39 is 0 Å². The van der Waals surface area contributed by atoms with Gasteiger partial charge in [0.1, 0.15) is 5.52 Å². The Bertz CT molecular complexity index is 890. The Balaban J connectivity index is 2.52. The van der Waals surface area contributed by atoms with Crippen LogP contribution in [0.25, 0.3) is 22.2 Å². The fraction of sp³-hybridized carbons (Fsp3) is 0.250. The molecule has 0 radical (unpaired) electrons. The Morgan fingerprint density at radius 2 is 2.00 bits per heavy atom. The van der Waals surface area contributed by atoms with Gasteiger partial charge in [0, 0.05) is 13.6 Å². The minimum Gasteiger partial charge on any atom is -0.505 e. The van der Waals surface area contributed by atoms with Crippen LogP contribution < -0.4 is 5.56 Å². The number of aryl methyl sites for hydroxylation is 3. The molecule has 0 aliphatic heterocycles. The molecule has 2 heterocycles. The molecular weight excluding hydrogens is 266 g/mol. The second-order valence-electron chi connectivity index (χ2n) is 5.09. The summed E-state index contributed by atoms with van der Waals surface area (Å²) in [5, 5.41) is 14.8. The maximum absolute atomic E-state index is 12.8. The maximum Gasteiger partial charge on any atom is 0.262 e. The van der Waals surface area contributed by atoms with Crippen LogP contribution in [0.2, 0.25) is 0 Å². The molecule has 5 nitrogen and oxygen atoms in total. The number of aromatic hydroxyl groups is 1. The van der Waals surface area contributed by atoms with E-state index in [1.165, 1.54) is 0 Å². The van der Waals surface area contributed by atoms with Gasteiger partial charge in [0.2, 0.25) is 0 Å². The van der Waals surface area contributed by atoms with Crippen molar-refractivity contribution in [1.82, 2.24) is 14.3 Å². The summed E-state index contributed by atoms with van der Waals surface area (Å²) >= 11 is 0. The van der Waals surface area contributed by atoms with Crippen molar-refractivity contribution >= 4 is 11.0 Å². The zero-order valence-corrected chi connectivity index (χ0v) is 12.3. The molecule has 5 heteroatoms. The van der Waals surface area contributed by atoms with Crippen molar-refractivity contribution in [2.75, 3.05) is 0 Å². The SMILES string of the molecule is CCn1c(=O)c(-c2ccccc2C)c(O)c2c1cnn2C. The molecule has 0 spiro atoms. The van der Waals surface area contributed by atoms with Crippen LogP contribution in [0.3, 0.4) is 0 Å². The standard InChI is InChI=1S/C16H17N3O2/c1-4-19-12-9-17-18(3)14(12)15(20)13(16(19)21)11-8-6-5-7-10(11)2/h5-9,20H,4H2,1-3H3. The van der Waals surface area contributed by atoms with Gasteiger partial charge >= 0.3 is 0 Å². The molecule has 0 fully saturated rings. The molecule has 3 rings (SSSR count). The van der Waals surface area contributed by atoms with Crippen molar-refractivity contribution in [2.45, 2.75) is 20.4 Å². The number of nitrogens with zero attached hydrogens (tertiary/aromatic N) is 3. The minimum atomic E-state index is -0.190. The summed E-state index contributed by atoms with van der Waals surface area (Å²) in [4.78, 5) is 12.8. The van der Waals surface area contributed by atoms with E-state index in [0.29, 0.717) is 23.1 Å². The summed E-state index contributed by atoms with van der Waals surface area (Å²) in [6.45, 7) is 4.37. The van der Waals surface area contributed by atoms with E-state index >= 15 is 0 Å². The van der Waals surface area contributed by atoms with Crippen molar-refractivity contribution in [2.24, 2.45) is 7.05 Å². The zero-order valence-electron chi connectivity index (χ0n) is 12.3. The highest BCUT2D eigenvalue weighted by atomic mass is 16.3. The van der Waals surface area contributed by atoms with E-state index in [4.69, 9.17) is 0 Å². The lowest BCUT2D eigenvalue weighted by Gasteiger charge is -2.13. The third-order valence-electron chi connectivity index (χ3n) is 3.86. The smallest absolute Gasteiger partial charge is 0.262 e. The Kier molecular flexibility index (Phi) is 3.05. The van der Waals surface area contributed by atoms with Crippen LogP contribution in [-0.4, -0.2) is 19.5 Å². The Morgan fingerprint density at radius 1 is 1.29 bits per heavy atom. The molecule has 0 saturated carbocycles. The van der Waals surface area contributed by atoms with Crippen molar-refractivity contribution in [3.05, 3.63) is 46.4 Å². The minimum absolute atomic E-state index is 0.00556. The third-order valence-corrected chi connectivity index (χ3v) is 3.86. The molecule has 0 amide bonds. The fourth-order valence-corrected chi connectivity index (χ4v) is 2.77. The van der Waals surface area contributed by atoms with E-state index in [1.807, 2.05) is 38.1 Å². The topological polar surface area (TPSA) is 60.1 Å². The summed E-state index contributed by atoms with van der Waals surface area (Å²) in [5.41, 5.74) is 3.09. The summed E-state index contributed by atoms with van der Waals surface area (Å²) in [5.74, 6) is -0.00556. The molecule has 108 valence electrons. The normalized spacial score (nSPS) is 11.2. The number of benzene rings is 1. The van der Waals surface area contributed by atoms with Gasteiger partial charge in [-0.25, -0.2) is 0 Å². The van der Waals surface area contributed by atoms with E-state index in [0.717, 1.165) is 11.1 Å². The van der Waals surface area contributed by atoms with Gasteiger partial charge in [-0.05, 0) is 25.0 Å². The summed E-state index contributed by atoms with van der Waals surface area (Å²) < 4.78 is 3.24. The highest BCUT2D eigenvalue weighted by Crippen LogP contribution is 2.34. The van der Waals surface area contributed by atoms with Gasteiger partial charge in [0.15, 0.2) is 5.75 Å². The van der Waals surface area contributed by atoms with E-state index in [2.05, 4.69) is 5.10 Å². The van der Waals surface area contributed by atoms with Gasteiger partial charge in [-0.15, -0.1) is 0 Å². The molecule has 0 saturated heterocycles. The number of hydrogen-bond donors (Lipinski definition) is 1. The molecule has 0 aliphatic rings. The van der Waals surface area contributed by atoms with E-state index in [9.17, 15) is 9.90 Å². The van der Waals surface area contributed by atoms with Crippen LogP contribution in [-0.2, 0) is 13.6 Å². The van der Waals surface area contributed by atoms with Crippen LogP contribution in [0.1, 0.15) is 12.5 Å². The Labute approximate surface area is 122 Å². The molecule has 3 aromatic rings. The molecule has 1 aromatic carbocycles. The first-order chi connectivity index (χ1) is 10.1.